The van der Waals surface area contributed by atoms with Crippen LogP contribution in [0, 0.1) is 11.8 Å². The zero-order valence-corrected chi connectivity index (χ0v) is 12.1. The fourth-order valence-corrected chi connectivity index (χ4v) is 2.89. The Morgan fingerprint density at radius 3 is 2.28 bits per heavy atom. The Kier molecular flexibility index (Phi) is 4.82. The average Bonchev–Trinajstić information content (AvgIpc) is 2.41. The largest absolute Gasteiger partial charge is 0.310 e. The van der Waals surface area contributed by atoms with Gasteiger partial charge in [0.2, 0.25) is 0 Å². The smallest absolute Gasteiger partial charge is 0.0208 e. The van der Waals surface area contributed by atoms with Crippen molar-refractivity contribution in [1.29, 1.82) is 0 Å². The molecule has 3 unspecified atom stereocenters. The van der Waals surface area contributed by atoms with Crippen molar-refractivity contribution >= 4 is 0 Å². The van der Waals surface area contributed by atoms with Gasteiger partial charge in [-0.3, -0.25) is 0 Å². The van der Waals surface area contributed by atoms with Crippen molar-refractivity contribution in [2.24, 2.45) is 11.8 Å². The average molecular weight is 245 g/mol. The molecule has 1 heteroatoms. The molecule has 1 nitrogen and oxygen atoms in total. The van der Waals surface area contributed by atoms with E-state index in [0.717, 1.165) is 30.8 Å². The molecule has 0 saturated heterocycles. The summed E-state index contributed by atoms with van der Waals surface area (Å²) in [6, 6.07) is 9.76. The van der Waals surface area contributed by atoms with Crippen LogP contribution in [0.3, 0.4) is 0 Å². The van der Waals surface area contributed by atoms with Gasteiger partial charge in [-0.1, -0.05) is 45.0 Å². The fourth-order valence-electron chi connectivity index (χ4n) is 2.89. The van der Waals surface area contributed by atoms with E-state index in [2.05, 4.69) is 50.4 Å². The predicted octanol–water partition coefficient (Wildman–Crippen LogP) is 4.16. The summed E-state index contributed by atoms with van der Waals surface area (Å²) in [7, 11) is 0. The van der Waals surface area contributed by atoms with E-state index in [4.69, 9.17) is 0 Å². The van der Waals surface area contributed by atoms with Crippen molar-refractivity contribution in [2.45, 2.75) is 59.0 Å². The molecular weight excluding hydrogens is 218 g/mol. The van der Waals surface area contributed by atoms with Gasteiger partial charge in [-0.2, -0.15) is 0 Å². The molecular formula is C17H27N. The van der Waals surface area contributed by atoms with Crippen LogP contribution in [-0.4, -0.2) is 6.04 Å². The van der Waals surface area contributed by atoms with Crippen LogP contribution in [-0.2, 0) is 13.0 Å². The molecule has 1 fully saturated rings. The predicted molar refractivity (Wildman–Crippen MR) is 78.6 cm³/mol. The molecule has 0 bridgehead atoms. The van der Waals surface area contributed by atoms with E-state index in [1.54, 1.807) is 0 Å². The van der Waals surface area contributed by atoms with Gasteiger partial charge in [0.25, 0.3) is 0 Å². The minimum atomic E-state index is 0.724. The highest BCUT2D eigenvalue weighted by Crippen LogP contribution is 2.29. The molecule has 0 amide bonds. The number of hydrogen-bond donors (Lipinski definition) is 1. The third-order valence-corrected chi connectivity index (χ3v) is 4.62. The van der Waals surface area contributed by atoms with Crippen molar-refractivity contribution in [3.63, 3.8) is 0 Å². The van der Waals surface area contributed by atoms with Crippen molar-refractivity contribution in [2.75, 3.05) is 0 Å². The molecule has 1 aliphatic carbocycles. The maximum atomic E-state index is 3.73. The van der Waals surface area contributed by atoms with E-state index in [9.17, 15) is 0 Å². The molecule has 0 aliphatic heterocycles. The second kappa shape index (κ2) is 6.38. The third kappa shape index (κ3) is 3.58. The molecule has 1 saturated carbocycles. The molecule has 100 valence electrons. The van der Waals surface area contributed by atoms with Crippen molar-refractivity contribution in [1.82, 2.24) is 5.32 Å². The fraction of sp³-hybridized carbons (Fsp3) is 0.647. The van der Waals surface area contributed by atoms with Crippen LogP contribution in [0.15, 0.2) is 24.3 Å². The lowest BCUT2D eigenvalue weighted by atomic mass is 9.79. The molecule has 2 rings (SSSR count). The van der Waals surface area contributed by atoms with Gasteiger partial charge in [0.05, 0.1) is 0 Å². The van der Waals surface area contributed by atoms with Crippen molar-refractivity contribution in [3.8, 4) is 0 Å². The highest BCUT2D eigenvalue weighted by Gasteiger charge is 2.23. The van der Waals surface area contributed by atoms with E-state index in [0.29, 0.717) is 0 Å². The minimum absolute atomic E-state index is 0.724. The van der Waals surface area contributed by atoms with Crippen LogP contribution in [0.2, 0.25) is 0 Å². The van der Waals surface area contributed by atoms with Crippen LogP contribution in [0.1, 0.15) is 51.2 Å². The molecule has 3 atom stereocenters. The van der Waals surface area contributed by atoms with Gasteiger partial charge in [0, 0.05) is 12.6 Å². The van der Waals surface area contributed by atoms with Crippen LogP contribution in [0.25, 0.3) is 0 Å². The maximum absolute atomic E-state index is 3.73. The lowest BCUT2D eigenvalue weighted by Gasteiger charge is -2.32. The van der Waals surface area contributed by atoms with Gasteiger partial charge < -0.3 is 5.32 Å². The summed E-state index contributed by atoms with van der Waals surface area (Å²) in [5, 5.41) is 3.73. The summed E-state index contributed by atoms with van der Waals surface area (Å²) in [4.78, 5) is 0. The van der Waals surface area contributed by atoms with Gasteiger partial charge in [-0.15, -0.1) is 0 Å². The van der Waals surface area contributed by atoms with Crippen LogP contribution >= 0.6 is 0 Å². The first-order chi connectivity index (χ1) is 8.69. The first kappa shape index (κ1) is 13.6. The molecule has 0 heterocycles. The zero-order valence-electron chi connectivity index (χ0n) is 12.1. The molecule has 1 aromatic rings. The van der Waals surface area contributed by atoms with Gasteiger partial charge in [-0.25, -0.2) is 0 Å². The molecule has 0 spiro atoms. The van der Waals surface area contributed by atoms with Crippen molar-refractivity contribution in [3.05, 3.63) is 35.4 Å². The topological polar surface area (TPSA) is 12.0 Å². The van der Waals surface area contributed by atoms with Crippen molar-refractivity contribution < 1.29 is 0 Å². The quantitative estimate of drug-likeness (QED) is 0.839. The van der Waals surface area contributed by atoms with E-state index in [1.165, 1.54) is 30.4 Å². The minimum Gasteiger partial charge on any atom is -0.310 e. The standard InChI is InChI=1S/C17H27N/c1-4-15-6-8-16(9-7-15)12-18-17-10-5-13(2)14(3)11-17/h6-9,13-14,17-18H,4-5,10-12H2,1-3H3. The number of aryl methyl sites for hydroxylation is 1. The highest BCUT2D eigenvalue weighted by molar-refractivity contribution is 5.22. The van der Waals surface area contributed by atoms with E-state index >= 15 is 0 Å². The molecule has 1 aromatic carbocycles. The Morgan fingerprint density at radius 1 is 1.00 bits per heavy atom. The van der Waals surface area contributed by atoms with E-state index in [1.807, 2.05) is 0 Å². The molecule has 18 heavy (non-hydrogen) atoms. The SMILES string of the molecule is CCc1ccc(CNC2CCC(C)C(C)C2)cc1. The van der Waals surface area contributed by atoms with Gasteiger partial charge in [-0.05, 0) is 48.6 Å². The normalized spacial score (nSPS) is 28.3. The summed E-state index contributed by atoms with van der Waals surface area (Å²) in [6.45, 7) is 8.02. The Labute approximate surface area is 112 Å². The van der Waals surface area contributed by atoms with Gasteiger partial charge >= 0.3 is 0 Å². The maximum Gasteiger partial charge on any atom is 0.0208 e. The number of rotatable bonds is 4. The highest BCUT2D eigenvalue weighted by atomic mass is 14.9. The lowest BCUT2D eigenvalue weighted by molar-refractivity contribution is 0.225. The molecule has 0 radical (unpaired) electrons. The lowest BCUT2D eigenvalue weighted by Crippen LogP contribution is -2.35. The number of nitrogens with one attached hydrogen (secondary N) is 1. The van der Waals surface area contributed by atoms with E-state index < -0.39 is 0 Å². The molecule has 1 aliphatic rings. The van der Waals surface area contributed by atoms with Crippen LogP contribution < -0.4 is 5.32 Å². The third-order valence-electron chi connectivity index (χ3n) is 4.62. The zero-order chi connectivity index (χ0) is 13.0. The number of benzene rings is 1. The Balaban J connectivity index is 1.80. The second-order valence-electron chi connectivity index (χ2n) is 6.02. The van der Waals surface area contributed by atoms with Gasteiger partial charge in [0.1, 0.15) is 0 Å². The molecule has 1 N–H and O–H groups in total. The summed E-state index contributed by atoms with van der Waals surface area (Å²) in [5.41, 5.74) is 2.84. The Hall–Kier alpha value is -0.820. The monoisotopic (exact) mass is 245 g/mol. The van der Waals surface area contributed by atoms with Crippen LogP contribution in [0.5, 0.6) is 0 Å². The Bertz CT molecular complexity index is 354. The van der Waals surface area contributed by atoms with E-state index in [-0.39, 0.29) is 0 Å². The second-order valence-corrected chi connectivity index (χ2v) is 6.02. The first-order valence-electron chi connectivity index (χ1n) is 7.50. The summed E-state index contributed by atoms with van der Waals surface area (Å²) in [6.07, 6.45) is 5.20. The summed E-state index contributed by atoms with van der Waals surface area (Å²) < 4.78 is 0. The number of hydrogen-bond acceptors (Lipinski definition) is 1. The summed E-state index contributed by atoms with van der Waals surface area (Å²) in [5.74, 6) is 1.78. The first-order valence-corrected chi connectivity index (χ1v) is 7.50. The van der Waals surface area contributed by atoms with Crippen LogP contribution in [0.4, 0.5) is 0 Å². The summed E-state index contributed by atoms with van der Waals surface area (Å²) >= 11 is 0. The molecule has 0 aromatic heterocycles. The Morgan fingerprint density at radius 2 is 1.67 bits per heavy atom. The van der Waals surface area contributed by atoms with Gasteiger partial charge in [0.15, 0.2) is 0 Å².